The summed E-state index contributed by atoms with van der Waals surface area (Å²) in [5.41, 5.74) is 2.30. The highest BCUT2D eigenvalue weighted by molar-refractivity contribution is 8.14. The van der Waals surface area contributed by atoms with Crippen LogP contribution < -0.4 is 0 Å². The van der Waals surface area contributed by atoms with Gasteiger partial charge in [0, 0.05) is 30.9 Å². The molecule has 2 aliphatic rings. The lowest BCUT2D eigenvalue weighted by molar-refractivity contribution is 0.332. The Hall–Kier alpha value is -1.88. The van der Waals surface area contributed by atoms with Crippen molar-refractivity contribution < 1.29 is 0 Å². The molecular weight excluding hydrogens is 268 g/mol. The monoisotopic (exact) mass is 282 g/mol. The zero-order valence-corrected chi connectivity index (χ0v) is 11.7. The second-order valence-corrected chi connectivity index (χ2v) is 5.94. The molecule has 0 aromatic carbocycles. The summed E-state index contributed by atoms with van der Waals surface area (Å²) in [5, 5.41) is 1.16. The summed E-state index contributed by atoms with van der Waals surface area (Å²) >= 11 is 1.84. The van der Waals surface area contributed by atoms with Gasteiger partial charge in [-0.05, 0) is 29.8 Å². The van der Waals surface area contributed by atoms with Crippen molar-refractivity contribution in [3.05, 3.63) is 60.2 Å². The van der Waals surface area contributed by atoms with Gasteiger partial charge in [0.1, 0.15) is 6.04 Å². The fourth-order valence-corrected chi connectivity index (χ4v) is 3.87. The first kappa shape index (κ1) is 11.9. The average Bonchev–Trinajstić information content (AvgIpc) is 3.09. The van der Waals surface area contributed by atoms with E-state index in [1.807, 2.05) is 42.5 Å². The van der Waals surface area contributed by atoms with Gasteiger partial charge in [-0.2, -0.15) is 0 Å². The number of thioether (sulfide) groups is 1. The van der Waals surface area contributed by atoms with E-state index in [0.29, 0.717) is 0 Å². The van der Waals surface area contributed by atoms with E-state index in [-0.39, 0.29) is 12.1 Å². The molecule has 0 saturated carbocycles. The predicted octanol–water partition coefficient (Wildman–Crippen LogP) is 2.68. The summed E-state index contributed by atoms with van der Waals surface area (Å²) in [6, 6.07) is 10.5. The molecule has 2 aromatic heterocycles. The third-order valence-electron chi connectivity index (χ3n) is 3.73. The van der Waals surface area contributed by atoms with E-state index < -0.39 is 0 Å². The molecular formula is C15H14N4S. The zero-order valence-electron chi connectivity index (χ0n) is 10.9. The Morgan fingerprint density at radius 1 is 1.10 bits per heavy atom. The van der Waals surface area contributed by atoms with Crippen LogP contribution in [0.15, 0.2) is 53.9 Å². The van der Waals surface area contributed by atoms with Gasteiger partial charge in [0.2, 0.25) is 0 Å². The van der Waals surface area contributed by atoms with Crippen molar-refractivity contribution in [1.82, 2.24) is 14.9 Å². The Kier molecular flexibility index (Phi) is 2.92. The number of aliphatic imine (C=N–C) groups is 1. The van der Waals surface area contributed by atoms with Gasteiger partial charge in [0.05, 0.1) is 11.7 Å². The smallest absolute Gasteiger partial charge is 0.160 e. The van der Waals surface area contributed by atoms with Crippen LogP contribution in [0.2, 0.25) is 0 Å². The maximum Gasteiger partial charge on any atom is 0.160 e. The molecule has 100 valence electrons. The van der Waals surface area contributed by atoms with Crippen LogP contribution in [-0.4, -0.2) is 32.3 Å². The van der Waals surface area contributed by atoms with Crippen LogP contribution in [0.25, 0.3) is 0 Å². The highest BCUT2D eigenvalue weighted by Gasteiger charge is 2.41. The molecule has 0 radical (unpaired) electrons. The van der Waals surface area contributed by atoms with Crippen molar-refractivity contribution in [3.8, 4) is 0 Å². The summed E-state index contributed by atoms with van der Waals surface area (Å²) in [6.07, 6.45) is 5.55. The first-order valence-corrected chi connectivity index (χ1v) is 7.70. The highest BCUT2D eigenvalue weighted by Crippen LogP contribution is 2.45. The van der Waals surface area contributed by atoms with Gasteiger partial charge in [-0.15, -0.1) is 0 Å². The summed E-state index contributed by atoms with van der Waals surface area (Å²) in [6.45, 7) is 1.06. The van der Waals surface area contributed by atoms with Crippen molar-refractivity contribution in [2.75, 3.05) is 12.3 Å². The van der Waals surface area contributed by atoms with Gasteiger partial charge < -0.3 is 4.90 Å². The molecule has 0 amide bonds. The summed E-state index contributed by atoms with van der Waals surface area (Å²) in [5.74, 6) is 1.12. The van der Waals surface area contributed by atoms with Crippen LogP contribution >= 0.6 is 11.8 Å². The van der Waals surface area contributed by atoms with Crippen LogP contribution in [-0.2, 0) is 0 Å². The molecule has 2 aromatic rings. The van der Waals surface area contributed by atoms with E-state index in [4.69, 9.17) is 4.99 Å². The zero-order chi connectivity index (χ0) is 13.4. The minimum atomic E-state index is 0.0846. The first-order chi connectivity index (χ1) is 9.93. The molecule has 20 heavy (non-hydrogen) atoms. The number of hydrogen-bond acceptors (Lipinski definition) is 5. The molecule has 1 saturated heterocycles. The Morgan fingerprint density at radius 2 is 2.00 bits per heavy atom. The minimum absolute atomic E-state index is 0.0846. The number of aromatic nitrogens is 2. The second kappa shape index (κ2) is 4.90. The van der Waals surface area contributed by atoms with E-state index in [9.17, 15) is 0 Å². The van der Waals surface area contributed by atoms with Crippen LogP contribution in [0.4, 0.5) is 0 Å². The highest BCUT2D eigenvalue weighted by atomic mass is 32.2. The Balaban J connectivity index is 1.78. The second-order valence-electron chi connectivity index (χ2n) is 4.88. The maximum atomic E-state index is 4.90. The average molecular weight is 282 g/mol. The summed E-state index contributed by atoms with van der Waals surface area (Å²) in [7, 11) is 0. The molecule has 5 heteroatoms. The fourth-order valence-electron chi connectivity index (χ4n) is 2.85. The van der Waals surface area contributed by atoms with Gasteiger partial charge >= 0.3 is 0 Å². The Labute approximate surface area is 122 Å². The van der Waals surface area contributed by atoms with E-state index >= 15 is 0 Å². The van der Waals surface area contributed by atoms with Gasteiger partial charge in [0.25, 0.3) is 0 Å². The molecule has 4 nitrogen and oxygen atoms in total. The van der Waals surface area contributed by atoms with Crippen LogP contribution in [0.3, 0.4) is 0 Å². The quantitative estimate of drug-likeness (QED) is 0.849. The molecule has 4 heterocycles. The van der Waals surface area contributed by atoms with Gasteiger partial charge in [-0.25, -0.2) is 0 Å². The summed E-state index contributed by atoms with van der Waals surface area (Å²) in [4.78, 5) is 15.9. The maximum absolute atomic E-state index is 4.90. The number of amidine groups is 1. The van der Waals surface area contributed by atoms with Gasteiger partial charge in [-0.3, -0.25) is 15.0 Å². The normalized spacial score (nSPS) is 24.6. The topological polar surface area (TPSA) is 41.4 Å². The van der Waals surface area contributed by atoms with Crippen LogP contribution in [0.5, 0.6) is 0 Å². The molecule has 4 rings (SSSR count). The van der Waals surface area contributed by atoms with Crippen LogP contribution in [0, 0.1) is 0 Å². The number of pyridine rings is 2. The number of rotatable bonds is 2. The summed E-state index contributed by atoms with van der Waals surface area (Å²) < 4.78 is 0. The van der Waals surface area contributed by atoms with Crippen molar-refractivity contribution in [2.45, 2.75) is 12.1 Å². The third-order valence-corrected chi connectivity index (χ3v) is 4.72. The lowest BCUT2D eigenvalue weighted by atomic mass is 9.97. The van der Waals surface area contributed by atoms with Gasteiger partial charge in [-0.1, -0.05) is 17.8 Å². The third kappa shape index (κ3) is 1.89. The fraction of sp³-hybridized carbons (Fsp3) is 0.267. The number of hydrogen-bond donors (Lipinski definition) is 0. The van der Waals surface area contributed by atoms with Crippen molar-refractivity contribution in [3.63, 3.8) is 0 Å². The van der Waals surface area contributed by atoms with Gasteiger partial charge in [0.15, 0.2) is 5.17 Å². The van der Waals surface area contributed by atoms with Crippen LogP contribution in [0.1, 0.15) is 23.3 Å². The first-order valence-electron chi connectivity index (χ1n) is 6.71. The SMILES string of the molecule is c1ccc(C2N=C3SCCN3C2c2ccncc2)nc1. The molecule has 2 atom stereocenters. The van der Waals surface area contributed by atoms with E-state index in [1.165, 1.54) is 5.56 Å². The van der Waals surface area contributed by atoms with E-state index in [1.54, 1.807) is 0 Å². The molecule has 0 aliphatic carbocycles. The lowest BCUT2D eigenvalue weighted by Crippen LogP contribution is -2.27. The Morgan fingerprint density at radius 3 is 2.80 bits per heavy atom. The Bertz CT molecular complexity index is 629. The predicted molar refractivity (Wildman–Crippen MR) is 80.6 cm³/mol. The van der Waals surface area contributed by atoms with E-state index in [0.717, 1.165) is 23.2 Å². The molecule has 0 bridgehead atoms. The van der Waals surface area contributed by atoms with Crippen molar-refractivity contribution in [2.24, 2.45) is 4.99 Å². The number of nitrogens with zero attached hydrogens (tertiary/aromatic N) is 4. The largest absolute Gasteiger partial charge is 0.341 e. The van der Waals surface area contributed by atoms with Crippen molar-refractivity contribution in [1.29, 1.82) is 0 Å². The molecule has 0 spiro atoms. The van der Waals surface area contributed by atoms with Crippen molar-refractivity contribution >= 4 is 16.9 Å². The standard InChI is InChI=1S/C15H14N4S/c1-2-6-17-12(3-1)13-14(11-4-7-16-8-5-11)19-9-10-20-15(19)18-13/h1-8,13-14H,9-10H2. The molecule has 2 aliphatic heterocycles. The molecule has 2 unspecified atom stereocenters. The number of fused-ring (bicyclic) bond motifs is 1. The lowest BCUT2D eigenvalue weighted by Gasteiger charge is -2.26. The molecule has 1 fully saturated rings. The van der Waals surface area contributed by atoms with E-state index in [2.05, 4.69) is 33.1 Å². The minimum Gasteiger partial charge on any atom is -0.341 e. The molecule has 0 N–H and O–H groups in total.